The van der Waals surface area contributed by atoms with Crippen LogP contribution in [-0.2, 0) is 6.42 Å². The Morgan fingerprint density at radius 3 is 2.71 bits per heavy atom. The maximum absolute atomic E-state index is 13.8. The van der Waals surface area contributed by atoms with E-state index in [4.69, 9.17) is 9.73 Å². The van der Waals surface area contributed by atoms with Crippen LogP contribution in [0.15, 0.2) is 86.6 Å². The minimum atomic E-state index is -0.332. The van der Waals surface area contributed by atoms with Crippen molar-refractivity contribution in [3.05, 3.63) is 125 Å². The van der Waals surface area contributed by atoms with Gasteiger partial charge in [0.1, 0.15) is 11.6 Å². The number of thiazole rings is 1. The van der Waals surface area contributed by atoms with Crippen molar-refractivity contribution in [2.75, 3.05) is 7.11 Å². The van der Waals surface area contributed by atoms with Crippen LogP contribution in [0.2, 0.25) is 0 Å². The quantitative estimate of drug-likeness (QED) is 0.353. The summed E-state index contributed by atoms with van der Waals surface area (Å²) in [5, 5.41) is 0. The van der Waals surface area contributed by atoms with Crippen molar-refractivity contribution >= 4 is 39.0 Å². The van der Waals surface area contributed by atoms with E-state index >= 15 is 0 Å². The molecule has 0 amide bonds. The Bertz CT molecular complexity index is 1690. The van der Waals surface area contributed by atoms with Crippen LogP contribution in [-0.4, -0.2) is 11.7 Å². The van der Waals surface area contributed by atoms with Crippen molar-refractivity contribution in [3.63, 3.8) is 0 Å². The molecule has 6 rings (SSSR count). The smallest absolute Gasteiger partial charge is 0.271 e. The molecule has 1 atom stereocenters. The fourth-order valence-corrected chi connectivity index (χ4v) is 6.30. The fraction of sp³-hybridized carbons (Fsp3) is 0.143. The SMILES string of the molecule is COc1ccc(Br)cc1/C=c1\sc2n(c1=O)C(c1ccc(F)cc1)C1=C(N=2)c2ccccc2CC1. The molecular weight excluding hydrogens is 527 g/mol. The zero-order chi connectivity index (χ0) is 24.1. The average Bonchev–Trinajstić information content (AvgIpc) is 3.18. The lowest BCUT2D eigenvalue weighted by molar-refractivity contribution is 0.413. The highest BCUT2D eigenvalue weighted by Gasteiger charge is 2.32. The molecule has 3 aromatic carbocycles. The van der Waals surface area contributed by atoms with Crippen LogP contribution in [0.4, 0.5) is 4.39 Å². The standard InChI is InChI=1S/C28H20BrFN2O2S/c1-34-23-13-9-19(29)14-18(23)15-24-27(33)32-26(17-6-10-20(30)11-7-17)22-12-8-16-4-2-3-5-21(16)25(22)31-28(32)35-24/h2-7,9-11,13-15,26H,8,12H2,1H3/b24-15-. The number of hydrogen-bond acceptors (Lipinski definition) is 4. The van der Waals surface area contributed by atoms with Gasteiger partial charge in [0.15, 0.2) is 4.80 Å². The van der Waals surface area contributed by atoms with Gasteiger partial charge in [0, 0.05) is 15.6 Å². The van der Waals surface area contributed by atoms with Crippen LogP contribution < -0.4 is 19.6 Å². The highest BCUT2D eigenvalue weighted by molar-refractivity contribution is 9.10. The summed E-state index contributed by atoms with van der Waals surface area (Å²) >= 11 is 4.87. The number of fused-ring (bicyclic) bond motifs is 3. The Hall–Kier alpha value is -3.29. The van der Waals surface area contributed by atoms with Crippen molar-refractivity contribution in [2.45, 2.75) is 18.9 Å². The number of ether oxygens (including phenoxy) is 1. The van der Waals surface area contributed by atoms with Gasteiger partial charge in [0.05, 0.1) is 23.4 Å². The number of hydrogen-bond donors (Lipinski definition) is 0. The monoisotopic (exact) mass is 546 g/mol. The molecule has 0 spiro atoms. The molecule has 0 bridgehead atoms. The van der Waals surface area contributed by atoms with E-state index in [1.165, 1.54) is 29.0 Å². The van der Waals surface area contributed by atoms with E-state index in [9.17, 15) is 9.18 Å². The van der Waals surface area contributed by atoms with Gasteiger partial charge in [0.25, 0.3) is 5.56 Å². The van der Waals surface area contributed by atoms with Crippen LogP contribution in [0.5, 0.6) is 5.75 Å². The Morgan fingerprint density at radius 1 is 1.11 bits per heavy atom. The fourth-order valence-electron chi connectivity index (χ4n) is 4.93. The van der Waals surface area contributed by atoms with E-state index in [2.05, 4.69) is 28.1 Å². The molecule has 0 saturated heterocycles. The third-order valence-corrected chi connectivity index (χ3v) is 8.01. The van der Waals surface area contributed by atoms with Gasteiger partial charge in [-0.3, -0.25) is 9.36 Å². The second-order valence-electron chi connectivity index (χ2n) is 8.55. The van der Waals surface area contributed by atoms with Crippen LogP contribution in [0, 0.1) is 5.82 Å². The summed E-state index contributed by atoms with van der Waals surface area (Å²) in [6.45, 7) is 0. The van der Waals surface area contributed by atoms with Gasteiger partial charge in [0.2, 0.25) is 0 Å². The summed E-state index contributed by atoms with van der Waals surface area (Å²) in [4.78, 5) is 19.5. The Balaban J connectivity index is 1.63. The summed E-state index contributed by atoms with van der Waals surface area (Å²) in [6.07, 6.45) is 3.52. The van der Waals surface area contributed by atoms with Gasteiger partial charge in [-0.15, -0.1) is 0 Å². The minimum Gasteiger partial charge on any atom is -0.496 e. The van der Waals surface area contributed by atoms with Crippen molar-refractivity contribution < 1.29 is 9.13 Å². The maximum Gasteiger partial charge on any atom is 0.271 e. The topological polar surface area (TPSA) is 43.6 Å². The molecule has 1 unspecified atom stereocenters. The minimum absolute atomic E-state index is 0.115. The normalized spacial score (nSPS) is 16.9. The first-order chi connectivity index (χ1) is 17.0. The molecule has 1 aromatic heterocycles. The lowest BCUT2D eigenvalue weighted by Gasteiger charge is -2.30. The molecule has 7 heteroatoms. The number of methoxy groups -OCH3 is 1. The number of aromatic nitrogens is 1. The maximum atomic E-state index is 13.8. The summed E-state index contributed by atoms with van der Waals surface area (Å²) in [5.41, 5.74) is 5.94. The molecule has 1 aliphatic carbocycles. The molecule has 174 valence electrons. The number of aryl methyl sites for hydroxylation is 1. The number of allylic oxidation sites excluding steroid dienone is 1. The lowest BCUT2D eigenvalue weighted by Crippen LogP contribution is -2.38. The first-order valence-electron chi connectivity index (χ1n) is 11.3. The molecule has 2 heterocycles. The Kier molecular flexibility index (Phi) is 5.54. The number of benzene rings is 3. The van der Waals surface area contributed by atoms with Crippen LogP contribution >= 0.6 is 27.3 Å². The van der Waals surface area contributed by atoms with Crippen LogP contribution in [0.3, 0.4) is 0 Å². The van der Waals surface area contributed by atoms with Crippen molar-refractivity contribution in [1.82, 2.24) is 4.57 Å². The summed E-state index contributed by atoms with van der Waals surface area (Å²) in [6, 6.07) is 20.1. The van der Waals surface area contributed by atoms with Crippen molar-refractivity contribution in [3.8, 4) is 5.75 Å². The summed E-state index contributed by atoms with van der Waals surface area (Å²) in [7, 11) is 1.61. The molecule has 1 aliphatic heterocycles. The van der Waals surface area contributed by atoms with E-state index in [-0.39, 0.29) is 17.4 Å². The average molecular weight is 547 g/mol. The highest BCUT2D eigenvalue weighted by Crippen LogP contribution is 2.41. The van der Waals surface area contributed by atoms with E-state index in [0.29, 0.717) is 15.1 Å². The van der Waals surface area contributed by atoms with Crippen LogP contribution in [0.25, 0.3) is 11.8 Å². The predicted molar refractivity (Wildman–Crippen MR) is 140 cm³/mol. The number of nitrogens with zero attached hydrogens (tertiary/aromatic N) is 2. The van der Waals surface area contributed by atoms with Crippen molar-refractivity contribution in [2.24, 2.45) is 4.99 Å². The highest BCUT2D eigenvalue weighted by atomic mass is 79.9. The van der Waals surface area contributed by atoms with Gasteiger partial charge < -0.3 is 4.74 Å². The lowest BCUT2D eigenvalue weighted by atomic mass is 9.83. The van der Waals surface area contributed by atoms with E-state index in [0.717, 1.165) is 45.3 Å². The number of halogens is 2. The van der Waals surface area contributed by atoms with Gasteiger partial charge in [-0.05, 0) is 65.9 Å². The first-order valence-corrected chi connectivity index (χ1v) is 12.9. The predicted octanol–water partition coefficient (Wildman–Crippen LogP) is 5.23. The molecule has 35 heavy (non-hydrogen) atoms. The molecule has 0 radical (unpaired) electrons. The van der Waals surface area contributed by atoms with Gasteiger partial charge in [-0.1, -0.05) is 63.7 Å². The van der Waals surface area contributed by atoms with E-state index in [1.807, 2.05) is 36.4 Å². The van der Waals surface area contributed by atoms with Crippen LogP contribution in [0.1, 0.15) is 34.7 Å². The summed E-state index contributed by atoms with van der Waals surface area (Å²) in [5.74, 6) is 0.383. The zero-order valence-electron chi connectivity index (χ0n) is 18.8. The number of rotatable bonds is 3. The first kappa shape index (κ1) is 22.2. The molecule has 0 saturated carbocycles. The van der Waals surface area contributed by atoms with Gasteiger partial charge >= 0.3 is 0 Å². The molecule has 0 N–H and O–H groups in total. The second-order valence-corrected chi connectivity index (χ2v) is 10.5. The van der Waals surface area contributed by atoms with E-state index < -0.39 is 0 Å². The third kappa shape index (κ3) is 3.79. The largest absolute Gasteiger partial charge is 0.496 e. The molecule has 0 fully saturated rings. The van der Waals surface area contributed by atoms with Gasteiger partial charge in [-0.2, -0.15) is 0 Å². The molecular formula is C28H20BrFN2O2S. The molecule has 4 nitrogen and oxygen atoms in total. The third-order valence-electron chi connectivity index (χ3n) is 6.54. The van der Waals surface area contributed by atoms with Crippen molar-refractivity contribution in [1.29, 1.82) is 0 Å². The summed E-state index contributed by atoms with van der Waals surface area (Å²) < 4.78 is 22.5. The molecule has 2 aliphatic rings. The molecule has 4 aromatic rings. The van der Waals surface area contributed by atoms with E-state index in [1.54, 1.807) is 23.8 Å². The second kappa shape index (κ2) is 8.73. The Morgan fingerprint density at radius 2 is 1.91 bits per heavy atom. The zero-order valence-corrected chi connectivity index (χ0v) is 21.2. The van der Waals surface area contributed by atoms with Gasteiger partial charge in [-0.25, -0.2) is 9.38 Å². The Labute approximate surface area is 213 Å².